The van der Waals surface area contributed by atoms with Gasteiger partial charge in [-0.1, -0.05) is 42.5 Å². The van der Waals surface area contributed by atoms with E-state index in [0.717, 1.165) is 11.1 Å². The fraction of sp³-hybridized carbons (Fsp3) is 0.400. The van der Waals surface area contributed by atoms with Crippen molar-refractivity contribution in [2.24, 2.45) is 0 Å². The van der Waals surface area contributed by atoms with E-state index in [4.69, 9.17) is 18.9 Å². The molecular formula is C20H22O6. The predicted octanol–water partition coefficient (Wildman–Crippen LogP) is 1.97. The van der Waals surface area contributed by atoms with Crippen LogP contribution in [0, 0.1) is 0 Å². The first-order valence-corrected chi connectivity index (χ1v) is 8.65. The van der Waals surface area contributed by atoms with Gasteiger partial charge in [-0.15, -0.1) is 0 Å². The van der Waals surface area contributed by atoms with Crippen LogP contribution < -0.4 is 4.74 Å². The average molecular weight is 358 g/mol. The van der Waals surface area contributed by atoms with Crippen LogP contribution in [0.4, 0.5) is 0 Å². The summed E-state index contributed by atoms with van der Waals surface area (Å²) in [6.07, 6.45) is -4.52. The molecule has 2 N–H and O–H groups in total. The molecule has 0 aromatic heterocycles. The van der Waals surface area contributed by atoms with Gasteiger partial charge in [0.15, 0.2) is 6.29 Å². The zero-order valence-corrected chi connectivity index (χ0v) is 14.4. The maximum Gasteiger partial charge on any atom is 0.184 e. The first-order valence-electron chi connectivity index (χ1n) is 8.65. The molecule has 0 saturated carbocycles. The van der Waals surface area contributed by atoms with Crippen LogP contribution in [0.15, 0.2) is 54.6 Å². The van der Waals surface area contributed by atoms with E-state index in [1.54, 1.807) is 19.2 Å². The molecular weight excluding hydrogens is 336 g/mol. The van der Waals surface area contributed by atoms with Gasteiger partial charge in [-0.2, -0.15) is 0 Å². The molecule has 0 bridgehead atoms. The molecule has 2 aliphatic rings. The lowest BCUT2D eigenvalue weighted by atomic mass is 9.90. The Morgan fingerprint density at radius 1 is 0.885 bits per heavy atom. The van der Waals surface area contributed by atoms with Crippen LogP contribution in [0.25, 0.3) is 0 Å². The number of hydrogen-bond acceptors (Lipinski definition) is 6. The minimum Gasteiger partial charge on any atom is -0.497 e. The summed E-state index contributed by atoms with van der Waals surface area (Å²) < 4.78 is 22.8. The summed E-state index contributed by atoms with van der Waals surface area (Å²) >= 11 is 0. The highest BCUT2D eigenvalue weighted by Gasteiger charge is 2.49. The van der Waals surface area contributed by atoms with Crippen molar-refractivity contribution in [3.05, 3.63) is 65.7 Å². The van der Waals surface area contributed by atoms with E-state index in [9.17, 15) is 10.2 Å². The van der Waals surface area contributed by atoms with Crippen LogP contribution in [0.5, 0.6) is 5.75 Å². The molecule has 2 heterocycles. The second kappa shape index (κ2) is 7.34. The van der Waals surface area contributed by atoms with E-state index < -0.39 is 36.8 Å². The number of benzene rings is 2. The first kappa shape index (κ1) is 17.5. The maximum absolute atomic E-state index is 10.6. The molecule has 2 aromatic rings. The van der Waals surface area contributed by atoms with Gasteiger partial charge in [0.1, 0.15) is 36.3 Å². The number of fused-ring (bicyclic) bond motifs is 1. The number of aliphatic hydroxyl groups is 2. The van der Waals surface area contributed by atoms with Gasteiger partial charge >= 0.3 is 0 Å². The van der Waals surface area contributed by atoms with Crippen LogP contribution in [0.2, 0.25) is 0 Å². The molecule has 6 atom stereocenters. The van der Waals surface area contributed by atoms with Gasteiger partial charge in [0.05, 0.1) is 13.7 Å². The van der Waals surface area contributed by atoms with Gasteiger partial charge in [-0.05, 0) is 17.7 Å². The smallest absolute Gasteiger partial charge is 0.184 e. The summed E-state index contributed by atoms with van der Waals surface area (Å²) in [6, 6.07) is 16.7. The zero-order chi connectivity index (χ0) is 18.1. The lowest BCUT2D eigenvalue weighted by molar-refractivity contribution is -0.330. The molecule has 4 rings (SSSR count). The number of methoxy groups -OCH3 is 1. The summed E-state index contributed by atoms with van der Waals surface area (Å²) in [5.41, 5.74) is 1.63. The minimum absolute atomic E-state index is 0.278. The Morgan fingerprint density at radius 2 is 1.62 bits per heavy atom. The molecule has 0 radical (unpaired) electrons. The lowest BCUT2D eigenvalue weighted by Gasteiger charge is -2.46. The molecule has 2 fully saturated rings. The fourth-order valence-electron chi connectivity index (χ4n) is 3.46. The van der Waals surface area contributed by atoms with Gasteiger partial charge in [-0.25, -0.2) is 0 Å². The Hall–Kier alpha value is -1.96. The average Bonchev–Trinajstić information content (AvgIpc) is 2.71. The van der Waals surface area contributed by atoms with Crippen molar-refractivity contribution in [2.45, 2.75) is 36.8 Å². The van der Waals surface area contributed by atoms with E-state index in [-0.39, 0.29) is 6.61 Å². The second-order valence-electron chi connectivity index (χ2n) is 6.53. The molecule has 1 unspecified atom stereocenters. The summed E-state index contributed by atoms with van der Waals surface area (Å²) in [6.45, 7) is 0.278. The molecule has 2 saturated heterocycles. The number of rotatable bonds is 3. The molecule has 2 aliphatic heterocycles. The van der Waals surface area contributed by atoms with Crippen molar-refractivity contribution in [3.8, 4) is 5.75 Å². The maximum atomic E-state index is 10.6. The zero-order valence-electron chi connectivity index (χ0n) is 14.4. The highest BCUT2D eigenvalue weighted by atomic mass is 16.7. The van der Waals surface area contributed by atoms with Crippen molar-refractivity contribution >= 4 is 0 Å². The van der Waals surface area contributed by atoms with Gasteiger partial charge in [0, 0.05) is 5.56 Å². The monoisotopic (exact) mass is 358 g/mol. The van der Waals surface area contributed by atoms with Crippen LogP contribution in [-0.2, 0) is 14.2 Å². The Bertz CT molecular complexity index is 717. The predicted molar refractivity (Wildman–Crippen MR) is 92.6 cm³/mol. The molecule has 26 heavy (non-hydrogen) atoms. The van der Waals surface area contributed by atoms with E-state index in [2.05, 4.69) is 0 Å². The van der Waals surface area contributed by atoms with Gasteiger partial charge in [0.25, 0.3) is 0 Å². The molecule has 0 amide bonds. The number of aliphatic hydroxyl groups excluding tert-OH is 2. The minimum atomic E-state index is -1.10. The topological polar surface area (TPSA) is 77.4 Å². The molecule has 138 valence electrons. The van der Waals surface area contributed by atoms with Crippen molar-refractivity contribution in [3.63, 3.8) is 0 Å². The Balaban J connectivity index is 1.51. The van der Waals surface area contributed by atoms with E-state index in [1.165, 1.54) is 0 Å². The summed E-state index contributed by atoms with van der Waals surface area (Å²) in [5, 5.41) is 21.2. The molecule has 2 aromatic carbocycles. The molecule has 6 nitrogen and oxygen atoms in total. The summed E-state index contributed by atoms with van der Waals surface area (Å²) in [7, 11) is 1.59. The van der Waals surface area contributed by atoms with Crippen LogP contribution in [0.1, 0.15) is 23.5 Å². The van der Waals surface area contributed by atoms with Crippen molar-refractivity contribution in [1.29, 1.82) is 0 Å². The van der Waals surface area contributed by atoms with E-state index >= 15 is 0 Å². The Kier molecular flexibility index (Phi) is 4.93. The third-order valence-electron chi connectivity index (χ3n) is 4.89. The van der Waals surface area contributed by atoms with Crippen molar-refractivity contribution < 1.29 is 29.2 Å². The highest BCUT2D eigenvalue weighted by Crippen LogP contribution is 2.39. The standard InChI is InChI=1S/C20H22O6/c1-23-14-9-7-12(8-10-14)18-16(21)17(22)19-15(25-18)11-24-20(26-19)13-5-3-2-4-6-13/h2-10,15-22H,11H2,1H3/t15-,16-,17-,18+,19-,20?/m1/s1. The van der Waals surface area contributed by atoms with E-state index in [0.29, 0.717) is 5.75 Å². The quantitative estimate of drug-likeness (QED) is 0.874. The van der Waals surface area contributed by atoms with Crippen LogP contribution >= 0.6 is 0 Å². The fourth-order valence-corrected chi connectivity index (χ4v) is 3.46. The highest BCUT2D eigenvalue weighted by molar-refractivity contribution is 5.29. The number of hydrogen-bond donors (Lipinski definition) is 2. The van der Waals surface area contributed by atoms with Crippen molar-refractivity contribution in [2.75, 3.05) is 13.7 Å². The summed E-state index contributed by atoms with van der Waals surface area (Å²) in [5.74, 6) is 0.715. The van der Waals surface area contributed by atoms with Crippen molar-refractivity contribution in [1.82, 2.24) is 0 Å². The Labute approximate surface area is 151 Å². The van der Waals surface area contributed by atoms with Gasteiger partial charge in [0.2, 0.25) is 0 Å². The SMILES string of the molecule is COc1ccc([C@@H]2O[C@@H]3COC(c4ccccc4)O[C@H]3[C@H](O)[C@H]2O)cc1. The van der Waals surface area contributed by atoms with Gasteiger partial charge in [-0.3, -0.25) is 0 Å². The third kappa shape index (κ3) is 3.22. The van der Waals surface area contributed by atoms with E-state index in [1.807, 2.05) is 42.5 Å². The summed E-state index contributed by atoms with van der Waals surface area (Å²) in [4.78, 5) is 0. The third-order valence-corrected chi connectivity index (χ3v) is 4.89. The Morgan fingerprint density at radius 3 is 2.31 bits per heavy atom. The largest absolute Gasteiger partial charge is 0.497 e. The number of ether oxygens (including phenoxy) is 4. The molecule has 0 spiro atoms. The lowest BCUT2D eigenvalue weighted by Crippen LogP contribution is -2.59. The molecule has 6 heteroatoms. The second-order valence-corrected chi connectivity index (χ2v) is 6.53. The normalized spacial score (nSPS) is 34.1. The first-order chi connectivity index (χ1) is 12.7. The van der Waals surface area contributed by atoms with Crippen LogP contribution in [0.3, 0.4) is 0 Å². The van der Waals surface area contributed by atoms with Gasteiger partial charge < -0.3 is 29.2 Å². The molecule has 0 aliphatic carbocycles. The van der Waals surface area contributed by atoms with Crippen LogP contribution in [-0.4, -0.2) is 48.3 Å².